The number of methoxy groups -OCH3 is 1. The van der Waals surface area contributed by atoms with E-state index in [0.717, 1.165) is 5.75 Å². The molecule has 0 fully saturated rings. The van der Waals surface area contributed by atoms with Crippen molar-refractivity contribution in [2.45, 2.75) is 25.2 Å². The number of hydrogen-bond donors (Lipinski definition) is 0. The minimum Gasteiger partial charge on any atom is -0.497 e. The second-order valence-corrected chi connectivity index (χ2v) is 3.80. The molecule has 0 aliphatic heterocycles. The SMILES string of the molecule is C=CC1CCCc2ccc(OC)cc21. The van der Waals surface area contributed by atoms with E-state index in [1.54, 1.807) is 7.11 Å². The Morgan fingerprint density at radius 1 is 1.50 bits per heavy atom. The molecular formula is C13H16O. The smallest absolute Gasteiger partial charge is 0.119 e. The molecule has 0 bridgehead atoms. The predicted molar refractivity (Wildman–Crippen MR) is 58.9 cm³/mol. The molecule has 74 valence electrons. The summed E-state index contributed by atoms with van der Waals surface area (Å²) in [7, 11) is 1.72. The van der Waals surface area contributed by atoms with Crippen LogP contribution in [0.25, 0.3) is 0 Å². The van der Waals surface area contributed by atoms with Crippen molar-refractivity contribution in [3.63, 3.8) is 0 Å². The van der Waals surface area contributed by atoms with Crippen LogP contribution in [0.4, 0.5) is 0 Å². The highest BCUT2D eigenvalue weighted by Crippen LogP contribution is 2.34. The van der Waals surface area contributed by atoms with Gasteiger partial charge in [0.15, 0.2) is 0 Å². The Morgan fingerprint density at radius 2 is 2.36 bits per heavy atom. The molecule has 1 aliphatic carbocycles. The van der Waals surface area contributed by atoms with Gasteiger partial charge < -0.3 is 4.74 Å². The maximum Gasteiger partial charge on any atom is 0.119 e. The summed E-state index contributed by atoms with van der Waals surface area (Å²) in [5.41, 5.74) is 2.87. The van der Waals surface area contributed by atoms with Crippen LogP contribution in [0, 0.1) is 0 Å². The standard InChI is InChI=1S/C13H16O/c1-3-10-5-4-6-11-7-8-12(14-2)9-13(10)11/h3,7-10H,1,4-6H2,2H3. The number of allylic oxidation sites excluding steroid dienone is 1. The van der Waals surface area contributed by atoms with Gasteiger partial charge in [-0.2, -0.15) is 0 Å². The fourth-order valence-electron chi connectivity index (χ4n) is 2.19. The predicted octanol–water partition coefficient (Wildman–Crippen LogP) is 3.30. The van der Waals surface area contributed by atoms with Crippen LogP contribution in [-0.4, -0.2) is 7.11 Å². The van der Waals surface area contributed by atoms with Gasteiger partial charge >= 0.3 is 0 Å². The molecule has 0 saturated carbocycles. The summed E-state index contributed by atoms with van der Waals surface area (Å²) < 4.78 is 5.24. The van der Waals surface area contributed by atoms with Crippen molar-refractivity contribution in [3.05, 3.63) is 42.0 Å². The molecule has 0 spiro atoms. The zero-order chi connectivity index (χ0) is 9.97. The highest BCUT2D eigenvalue weighted by atomic mass is 16.5. The first kappa shape index (κ1) is 9.32. The molecule has 0 N–H and O–H groups in total. The third-order valence-corrected chi connectivity index (χ3v) is 3.00. The molecule has 1 nitrogen and oxygen atoms in total. The number of rotatable bonds is 2. The highest BCUT2D eigenvalue weighted by molar-refractivity contribution is 5.41. The van der Waals surface area contributed by atoms with E-state index in [1.807, 2.05) is 6.07 Å². The van der Waals surface area contributed by atoms with Crippen LogP contribution in [-0.2, 0) is 6.42 Å². The van der Waals surface area contributed by atoms with Crippen molar-refractivity contribution in [2.75, 3.05) is 7.11 Å². The summed E-state index contributed by atoms with van der Waals surface area (Å²) in [6, 6.07) is 6.38. The molecule has 0 amide bonds. The Kier molecular flexibility index (Phi) is 2.58. The van der Waals surface area contributed by atoms with Crippen molar-refractivity contribution >= 4 is 0 Å². The van der Waals surface area contributed by atoms with E-state index in [2.05, 4.69) is 24.8 Å². The lowest BCUT2D eigenvalue weighted by Gasteiger charge is -2.23. The van der Waals surface area contributed by atoms with E-state index in [0.29, 0.717) is 5.92 Å². The van der Waals surface area contributed by atoms with Crippen LogP contribution in [0.15, 0.2) is 30.9 Å². The summed E-state index contributed by atoms with van der Waals surface area (Å²) in [6.45, 7) is 3.90. The van der Waals surface area contributed by atoms with Crippen molar-refractivity contribution in [1.82, 2.24) is 0 Å². The first-order valence-corrected chi connectivity index (χ1v) is 5.14. The van der Waals surface area contributed by atoms with Gasteiger partial charge in [-0.1, -0.05) is 12.1 Å². The quantitative estimate of drug-likeness (QED) is 0.647. The average Bonchev–Trinajstić information content (AvgIpc) is 2.27. The van der Waals surface area contributed by atoms with Crippen molar-refractivity contribution in [2.24, 2.45) is 0 Å². The Bertz CT molecular complexity index is 341. The van der Waals surface area contributed by atoms with E-state index in [1.165, 1.54) is 30.4 Å². The monoisotopic (exact) mass is 188 g/mol. The van der Waals surface area contributed by atoms with Crippen LogP contribution < -0.4 is 4.74 Å². The second-order valence-electron chi connectivity index (χ2n) is 3.80. The van der Waals surface area contributed by atoms with Crippen LogP contribution in [0.2, 0.25) is 0 Å². The van der Waals surface area contributed by atoms with E-state index >= 15 is 0 Å². The molecular weight excluding hydrogens is 172 g/mol. The molecule has 1 aromatic rings. The first-order valence-electron chi connectivity index (χ1n) is 5.14. The molecule has 0 aromatic heterocycles. The summed E-state index contributed by atoms with van der Waals surface area (Å²) in [4.78, 5) is 0. The minimum absolute atomic E-state index is 0.522. The van der Waals surface area contributed by atoms with Crippen LogP contribution in [0.5, 0.6) is 5.75 Å². The molecule has 1 aromatic carbocycles. The summed E-state index contributed by atoms with van der Waals surface area (Å²) in [5, 5.41) is 0. The molecule has 14 heavy (non-hydrogen) atoms. The van der Waals surface area contributed by atoms with Gasteiger partial charge in [-0.15, -0.1) is 6.58 Å². The number of benzene rings is 1. The normalized spacial score (nSPS) is 19.9. The fourth-order valence-corrected chi connectivity index (χ4v) is 2.19. The summed E-state index contributed by atoms with van der Waals surface area (Å²) in [5.74, 6) is 1.48. The maximum absolute atomic E-state index is 5.24. The van der Waals surface area contributed by atoms with Gasteiger partial charge in [0.1, 0.15) is 5.75 Å². The van der Waals surface area contributed by atoms with Gasteiger partial charge in [-0.25, -0.2) is 0 Å². The fraction of sp³-hybridized carbons (Fsp3) is 0.385. The lowest BCUT2D eigenvalue weighted by molar-refractivity contribution is 0.413. The van der Waals surface area contributed by atoms with Crippen molar-refractivity contribution in [1.29, 1.82) is 0 Å². The lowest BCUT2D eigenvalue weighted by Crippen LogP contribution is -2.07. The van der Waals surface area contributed by atoms with E-state index in [-0.39, 0.29) is 0 Å². The lowest BCUT2D eigenvalue weighted by atomic mass is 9.83. The topological polar surface area (TPSA) is 9.23 Å². The van der Waals surface area contributed by atoms with Crippen LogP contribution in [0.1, 0.15) is 29.9 Å². The Balaban J connectivity index is 2.43. The minimum atomic E-state index is 0.522. The number of hydrogen-bond acceptors (Lipinski definition) is 1. The molecule has 0 radical (unpaired) electrons. The Morgan fingerprint density at radius 3 is 3.07 bits per heavy atom. The van der Waals surface area contributed by atoms with Crippen LogP contribution in [0.3, 0.4) is 0 Å². The van der Waals surface area contributed by atoms with Gasteiger partial charge in [-0.05, 0) is 42.5 Å². The molecule has 0 saturated heterocycles. The molecule has 1 atom stereocenters. The van der Waals surface area contributed by atoms with Crippen LogP contribution >= 0.6 is 0 Å². The molecule has 1 heteroatoms. The van der Waals surface area contributed by atoms with Gasteiger partial charge in [0.25, 0.3) is 0 Å². The number of aryl methyl sites for hydroxylation is 1. The summed E-state index contributed by atoms with van der Waals surface area (Å²) in [6.07, 6.45) is 5.75. The third-order valence-electron chi connectivity index (χ3n) is 3.00. The molecule has 0 heterocycles. The summed E-state index contributed by atoms with van der Waals surface area (Å²) >= 11 is 0. The third kappa shape index (κ3) is 1.54. The molecule has 1 unspecified atom stereocenters. The Hall–Kier alpha value is -1.24. The second kappa shape index (κ2) is 3.87. The van der Waals surface area contributed by atoms with Gasteiger partial charge in [0.05, 0.1) is 7.11 Å². The van der Waals surface area contributed by atoms with Gasteiger partial charge in [0, 0.05) is 5.92 Å². The number of fused-ring (bicyclic) bond motifs is 1. The largest absolute Gasteiger partial charge is 0.497 e. The zero-order valence-electron chi connectivity index (χ0n) is 8.62. The van der Waals surface area contributed by atoms with E-state index in [4.69, 9.17) is 4.74 Å². The van der Waals surface area contributed by atoms with E-state index < -0.39 is 0 Å². The Labute approximate surface area is 85.4 Å². The van der Waals surface area contributed by atoms with Crippen molar-refractivity contribution < 1.29 is 4.74 Å². The maximum atomic E-state index is 5.24. The van der Waals surface area contributed by atoms with Gasteiger partial charge in [0.2, 0.25) is 0 Å². The highest BCUT2D eigenvalue weighted by Gasteiger charge is 2.17. The zero-order valence-corrected chi connectivity index (χ0v) is 8.62. The number of ether oxygens (including phenoxy) is 1. The molecule has 2 rings (SSSR count). The van der Waals surface area contributed by atoms with Gasteiger partial charge in [-0.3, -0.25) is 0 Å². The average molecular weight is 188 g/mol. The van der Waals surface area contributed by atoms with E-state index in [9.17, 15) is 0 Å². The van der Waals surface area contributed by atoms with Crippen molar-refractivity contribution in [3.8, 4) is 5.75 Å². The first-order chi connectivity index (χ1) is 6.85. The molecule has 1 aliphatic rings.